The van der Waals surface area contributed by atoms with E-state index in [0.717, 1.165) is 11.1 Å². The molecule has 1 amide bonds. The Morgan fingerprint density at radius 1 is 1.14 bits per heavy atom. The molecule has 0 bridgehead atoms. The fraction of sp³-hybridized carbons (Fsp3) is 0.222. The number of carbonyl (C=O) groups excluding carboxylic acids is 1. The third-order valence-electron chi connectivity index (χ3n) is 4.42. The van der Waals surface area contributed by atoms with Crippen molar-refractivity contribution in [3.05, 3.63) is 66.0 Å². The monoisotopic (exact) mass is 414 g/mol. The summed E-state index contributed by atoms with van der Waals surface area (Å²) < 4.78 is 26.5. The molecule has 29 heavy (non-hydrogen) atoms. The Morgan fingerprint density at radius 2 is 1.97 bits per heavy atom. The largest absolute Gasteiger partial charge is 0.426 e. The number of sulfone groups is 1. The first-order valence-electron chi connectivity index (χ1n) is 8.73. The number of hydrogen-bond acceptors (Lipinski definition) is 8. The molecule has 0 fully saturated rings. The van der Waals surface area contributed by atoms with Gasteiger partial charge in [-0.2, -0.15) is 5.10 Å². The van der Waals surface area contributed by atoms with Crippen molar-refractivity contribution >= 4 is 15.9 Å². The number of nitrogens with one attached hydrogen (secondary N) is 1. The summed E-state index contributed by atoms with van der Waals surface area (Å²) in [7, 11) is -2.04. The summed E-state index contributed by atoms with van der Waals surface area (Å²) in [6, 6.07) is 4.88. The Hall–Kier alpha value is -3.31. The lowest BCUT2D eigenvalue weighted by Crippen LogP contribution is -2.31. The topological polar surface area (TPSA) is 119 Å². The van der Waals surface area contributed by atoms with E-state index in [1.165, 1.54) is 29.3 Å². The summed E-state index contributed by atoms with van der Waals surface area (Å²) in [5, 5.41) is 8.02. The van der Waals surface area contributed by atoms with E-state index >= 15 is 0 Å². The average Bonchev–Trinajstić information content (AvgIpc) is 3.32. The molecular formula is C18H18N6O4S. The summed E-state index contributed by atoms with van der Waals surface area (Å²) in [4.78, 5) is 25.6. The van der Waals surface area contributed by atoms with E-state index in [-0.39, 0.29) is 16.3 Å². The molecule has 0 saturated carbocycles. The highest BCUT2D eigenvalue weighted by molar-refractivity contribution is 7.91. The van der Waals surface area contributed by atoms with Crippen molar-refractivity contribution in [1.82, 2.24) is 30.1 Å². The number of amides is 1. The van der Waals surface area contributed by atoms with Crippen LogP contribution in [0.3, 0.4) is 0 Å². The molecule has 0 aromatic carbocycles. The minimum atomic E-state index is -3.68. The van der Waals surface area contributed by atoms with E-state index in [2.05, 4.69) is 20.4 Å². The van der Waals surface area contributed by atoms with Gasteiger partial charge in [0.2, 0.25) is 9.84 Å². The van der Waals surface area contributed by atoms with Crippen molar-refractivity contribution in [1.29, 1.82) is 0 Å². The van der Waals surface area contributed by atoms with Crippen LogP contribution in [0.5, 0.6) is 0 Å². The Labute approximate surface area is 167 Å². The first-order chi connectivity index (χ1) is 13.9. The number of pyridine rings is 2. The Kier molecular flexibility index (Phi) is 4.99. The summed E-state index contributed by atoms with van der Waals surface area (Å²) in [5.74, 6) is 0. The summed E-state index contributed by atoms with van der Waals surface area (Å²) >= 11 is 0. The number of fused-ring (bicyclic) bond motifs is 1. The lowest BCUT2D eigenvalue weighted by Gasteiger charge is -2.14. The van der Waals surface area contributed by atoms with Gasteiger partial charge in [0, 0.05) is 31.8 Å². The maximum atomic E-state index is 12.5. The number of hydrogen-bond donors (Lipinski definition) is 1. The molecule has 3 aromatic rings. The lowest BCUT2D eigenvalue weighted by molar-refractivity contribution is -0.106. The van der Waals surface area contributed by atoms with E-state index in [9.17, 15) is 13.2 Å². The summed E-state index contributed by atoms with van der Waals surface area (Å²) in [6.07, 6.45) is 6.81. The minimum absolute atomic E-state index is 0.0558. The first-order valence-corrected chi connectivity index (χ1v) is 10.2. The van der Waals surface area contributed by atoms with Gasteiger partial charge in [0.05, 0.1) is 36.4 Å². The van der Waals surface area contributed by atoms with Crippen LogP contribution in [0.25, 0.3) is 0 Å². The molecule has 0 unspecified atom stereocenters. The van der Waals surface area contributed by atoms with Gasteiger partial charge in [-0.05, 0) is 29.3 Å². The minimum Gasteiger partial charge on any atom is -0.350 e. The predicted octanol–water partition coefficient (Wildman–Crippen LogP) is 1.20. The molecule has 0 aliphatic carbocycles. The van der Waals surface area contributed by atoms with Crippen molar-refractivity contribution in [3.63, 3.8) is 0 Å². The van der Waals surface area contributed by atoms with Crippen LogP contribution < -0.4 is 5.32 Å². The maximum Gasteiger partial charge on any atom is 0.426 e. The summed E-state index contributed by atoms with van der Waals surface area (Å²) in [6.45, 7) is 1.09. The van der Waals surface area contributed by atoms with Crippen LogP contribution in [-0.2, 0) is 41.4 Å². The van der Waals surface area contributed by atoms with Crippen LogP contribution in [0, 0.1) is 0 Å². The standard InChI is InChI=1S/C18H18N6O4S/c1-23-12-17(9-22-23)29(26,27)16-3-2-15(20-8-16)7-21-18(25)28-24-10-13-4-5-19-6-14(13)11-24/h2-6,8-9,12H,7,10-11H2,1H3,(H,21,25). The molecule has 150 valence electrons. The van der Waals surface area contributed by atoms with Gasteiger partial charge in [-0.15, -0.1) is 5.06 Å². The molecule has 4 rings (SSSR count). The molecular weight excluding hydrogens is 396 g/mol. The van der Waals surface area contributed by atoms with Gasteiger partial charge in [0.15, 0.2) is 0 Å². The second kappa shape index (κ2) is 7.60. The van der Waals surface area contributed by atoms with Crippen molar-refractivity contribution in [2.75, 3.05) is 0 Å². The van der Waals surface area contributed by atoms with Crippen LogP contribution in [0.2, 0.25) is 0 Å². The van der Waals surface area contributed by atoms with Crippen LogP contribution in [-0.4, -0.2) is 39.3 Å². The third kappa shape index (κ3) is 4.10. The summed E-state index contributed by atoms with van der Waals surface area (Å²) in [5.41, 5.74) is 2.59. The van der Waals surface area contributed by atoms with Gasteiger partial charge in [0.1, 0.15) is 4.90 Å². The normalized spacial score (nSPS) is 13.8. The molecule has 0 atom stereocenters. The third-order valence-corrected chi connectivity index (χ3v) is 6.12. The number of hydroxylamine groups is 2. The Morgan fingerprint density at radius 3 is 2.66 bits per heavy atom. The zero-order chi connectivity index (χ0) is 20.4. The van der Waals surface area contributed by atoms with E-state index < -0.39 is 15.9 Å². The van der Waals surface area contributed by atoms with Crippen molar-refractivity contribution in [2.45, 2.75) is 29.4 Å². The molecule has 1 N–H and O–H groups in total. The molecule has 0 saturated heterocycles. The SMILES string of the molecule is Cn1cc(S(=O)(=O)c2ccc(CNC(=O)ON3Cc4ccncc4C3)nc2)cn1. The highest BCUT2D eigenvalue weighted by Gasteiger charge is 2.22. The van der Waals surface area contributed by atoms with Crippen molar-refractivity contribution in [2.24, 2.45) is 7.05 Å². The fourth-order valence-corrected chi connectivity index (χ4v) is 4.10. The molecule has 0 radical (unpaired) electrons. The highest BCUT2D eigenvalue weighted by Crippen LogP contribution is 2.21. The second-order valence-corrected chi connectivity index (χ2v) is 8.46. The molecule has 1 aliphatic heterocycles. The quantitative estimate of drug-likeness (QED) is 0.661. The van der Waals surface area contributed by atoms with Gasteiger partial charge in [-0.3, -0.25) is 14.6 Å². The predicted molar refractivity (Wildman–Crippen MR) is 99.7 cm³/mol. The van der Waals surface area contributed by atoms with Gasteiger partial charge in [0.25, 0.3) is 0 Å². The van der Waals surface area contributed by atoms with Gasteiger partial charge in [-0.25, -0.2) is 13.2 Å². The molecule has 0 spiro atoms. The number of aromatic nitrogens is 4. The van der Waals surface area contributed by atoms with Crippen molar-refractivity contribution in [3.8, 4) is 0 Å². The first kappa shape index (κ1) is 19.0. The van der Waals surface area contributed by atoms with E-state index in [1.807, 2.05) is 6.07 Å². The van der Waals surface area contributed by atoms with Gasteiger partial charge < -0.3 is 10.2 Å². The Bertz CT molecular complexity index is 1120. The molecule has 1 aliphatic rings. The number of carbonyl (C=O) groups is 1. The zero-order valence-corrected chi connectivity index (χ0v) is 16.3. The zero-order valence-electron chi connectivity index (χ0n) is 15.5. The van der Waals surface area contributed by atoms with Gasteiger partial charge >= 0.3 is 6.09 Å². The lowest BCUT2D eigenvalue weighted by atomic mass is 10.2. The van der Waals surface area contributed by atoms with Crippen LogP contribution in [0.4, 0.5) is 4.79 Å². The molecule has 11 heteroatoms. The average molecular weight is 414 g/mol. The van der Waals surface area contributed by atoms with Gasteiger partial charge in [-0.1, -0.05) is 0 Å². The number of nitrogens with zero attached hydrogens (tertiary/aromatic N) is 5. The van der Waals surface area contributed by atoms with Crippen molar-refractivity contribution < 1.29 is 18.0 Å². The molecule has 4 heterocycles. The van der Waals surface area contributed by atoms with E-state index in [0.29, 0.717) is 18.8 Å². The second-order valence-electron chi connectivity index (χ2n) is 6.51. The highest BCUT2D eigenvalue weighted by atomic mass is 32.2. The van der Waals surface area contributed by atoms with E-state index in [1.54, 1.807) is 30.6 Å². The van der Waals surface area contributed by atoms with Crippen LogP contribution >= 0.6 is 0 Å². The number of aryl methyl sites for hydroxylation is 1. The maximum absolute atomic E-state index is 12.5. The Balaban J connectivity index is 1.32. The number of rotatable bonds is 5. The molecule has 10 nitrogen and oxygen atoms in total. The van der Waals surface area contributed by atoms with Crippen LogP contribution in [0.15, 0.2) is 59.0 Å². The fourth-order valence-electron chi connectivity index (χ4n) is 2.91. The molecule has 3 aromatic heterocycles. The van der Waals surface area contributed by atoms with E-state index in [4.69, 9.17) is 4.84 Å². The smallest absolute Gasteiger partial charge is 0.350 e. The van der Waals surface area contributed by atoms with Crippen LogP contribution in [0.1, 0.15) is 16.8 Å².